The zero-order chi connectivity index (χ0) is 22.2. The number of nitrogens with zero attached hydrogens (tertiary/aromatic N) is 1. The summed E-state index contributed by atoms with van der Waals surface area (Å²) in [5, 5.41) is 1.27. The molecule has 3 nitrogen and oxygen atoms in total. The molecule has 0 radical (unpaired) electrons. The molecule has 0 bridgehead atoms. The molecule has 162 valence electrons. The molecule has 0 aliphatic carbocycles. The Hall–Kier alpha value is -1.99. The lowest BCUT2D eigenvalue weighted by Crippen LogP contribution is -2.51. The predicted octanol–water partition coefficient (Wildman–Crippen LogP) is 5.77. The van der Waals surface area contributed by atoms with E-state index in [9.17, 15) is 17.2 Å². The van der Waals surface area contributed by atoms with Gasteiger partial charge in [0.2, 0.25) is 0 Å². The number of sulfone groups is 1. The van der Waals surface area contributed by atoms with Crippen molar-refractivity contribution in [2.45, 2.75) is 10.9 Å². The second-order valence-corrected chi connectivity index (χ2v) is 10.6. The summed E-state index contributed by atoms with van der Waals surface area (Å²) in [6.45, 7) is 1.07. The van der Waals surface area contributed by atoms with Gasteiger partial charge in [0.25, 0.3) is 0 Å². The van der Waals surface area contributed by atoms with Gasteiger partial charge in [0.05, 0.1) is 16.7 Å². The van der Waals surface area contributed by atoms with Crippen molar-refractivity contribution in [2.24, 2.45) is 5.92 Å². The number of hydrogen-bond acceptors (Lipinski definition) is 3. The number of benzene rings is 3. The van der Waals surface area contributed by atoms with Crippen LogP contribution in [0.2, 0.25) is 10.0 Å². The minimum Gasteiger partial charge on any atom is -0.292 e. The molecular formula is C23H19Cl2F2NO2S. The van der Waals surface area contributed by atoms with Crippen molar-refractivity contribution in [1.82, 2.24) is 4.90 Å². The average Bonchev–Trinajstić information content (AvgIpc) is 2.68. The van der Waals surface area contributed by atoms with Gasteiger partial charge in [-0.05, 0) is 53.4 Å². The number of rotatable bonds is 6. The Bertz CT molecular complexity index is 1110. The molecule has 0 aromatic heterocycles. The van der Waals surface area contributed by atoms with Gasteiger partial charge in [-0.15, -0.1) is 0 Å². The lowest BCUT2D eigenvalue weighted by Gasteiger charge is -2.44. The van der Waals surface area contributed by atoms with Crippen molar-refractivity contribution >= 4 is 33.0 Å². The number of hydrogen-bond donors (Lipinski definition) is 0. The van der Waals surface area contributed by atoms with E-state index in [0.29, 0.717) is 29.2 Å². The lowest BCUT2D eigenvalue weighted by molar-refractivity contribution is 0.0812. The van der Waals surface area contributed by atoms with E-state index in [1.54, 1.807) is 0 Å². The first kappa shape index (κ1) is 22.2. The second kappa shape index (κ2) is 8.87. The first-order valence-corrected chi connectivity index (χ1v) is 12.1. The third-order valence-electron chi connectivity index (χ3n) is 5.37. The Morgan fingerprint density at radius 1 is 0.839 bits per heavy atom. The van der Waals surface area contributed by atoms with Crippen LogP contribution in [0.1, 0.15) is 17.2 Å². The highest BCUT2D eigenvalue weighted by Gasteiger charge is 2.37. The SMILES string of the molecule is O=S(=O)(CC1CN(C(c2ccc(Cl)cc2)c2ccc(Cl)cc2)C1)c1cc(F)cc(F)c1. The summed E-state index contributed by atoms with van der Waals surface area (Å²) in [6, 6.07) is 17.4. The van der Waals surface area contributed by atoms with Crippen molar-refractivity contribution in [2.75, 3.05) is 18.8 Å². The molecule has 0 saturated carbocycles. The first-order chi connectivity index (χ1) is 14.7. The summed E-state index contributed by atoms with van der Waals surface area (Å²) >= 11 is 12.1. The molecule has 4 rings (SSSR count). The van der Waals surface area contributed by atoms with Crippen LogP contribution < -0.4 is 0 Å². The van der Waals surface area contributed by atoms with Crippen LogP contribution in [0.5, 0.6) is 0 Å². The third kappa shape index (κ3) is 5.09. The molecular weight excluding hydrogens is 463 g/mol. The summed E-state index contributed by atoms with van der Waals surface area (Å²) < 4.78 is 52.2. The van der Waals surface area contributed by atoms with Crippen LogP contribution in [0, 0.1) is 17.6 Å². The first-order valence-electron chi connectivity index (χ1n) is 9.65. The van der Waals surface area contributed by atoms with E-state index in [0.717, 1.165) is 23.3 Å². The predicted molar refractivity (Wildman–Crippen MR) is 118 cm³/mol. The molecule has 1 heterocycles. The monoisotopic (exact) mass is 481 g/mol. The van der Waals surface area contributed by atoms with Gasteiger partial charge in [-0.1, -0.05) is 47.5 Å². The van der Waals surface area contributed by atoms with Crippen LogP contribution in [0.15, 0.2) is 71.6 Å². The van der Waals surface area contributed by atoms with Gasteiger partial charge in [-0.2, -0.15) is 0 Å². The maximum absolute atomic E-state index is 13.5. The van der Waals surface area contributed by atoms with Gasteiger partial charge in [0, 0.05) is 29.2 Å². The van der Waals surface area contributed by atoms with Gasteiger partial charge < -0.3 is 0 Å². The lowest BCUT2D eigenvalue weighted by atomic mass is 9.91. The Kier molecular flexibility index (Phi) is 6.35. The smallest absolute Gasteiger partial charge is 0.178 e. The van der Waals surface area contributed by atoms with E-state index in [-0.39, 0.29) is 22.6 Å². The maximum atomic E-state index is 13.5. The Morgan fingerprint density at radius 3 is 1.74 bits per heavy atom. The summed E-state index contributed by atoms with van der Waals surface area (Å²) in [7, 11) is -3.80. The van der Waals surface area contributed by atoms with Crippen molar-refractivity contribution in [3.05, 3.63) is 99.5 Å². The van der Waals surface area contributed by atoms with Crippen LogP contribution >= 0.6 is 23.2 Å². The van der Waals surface area contributed by atoms with E-state index in [1.807, 2.05) is 48.5 Å². The molecule has 0 spiro atoms. The highest BCUT2D eigenvalue weighted by Crippen LogP contribution is 2.36. The number of likely N-dealkylation sites (tertiary alicyclic amines) is 1. The molecule has 0 unspecified atom stereocenters. The Morgan fingerprint density at radius 2 is 1.29 bits per heavy atom. The van der Waals surface area contributed by atoms with Crippen LogP contribution in [0.3, 0.4) is 0 Å². The van der Waals surface area contributed by atoms with E-state index in [4.69, 9.17) is 23.2 Å². The maximum Gasteiger partial charge on any atom is 0.178 e. The molecule has 3 aromatic rings. The minimum atomic E-state index is -3.80. The molecule has 1 fully saturated rings. The van der Waals surface area contributed by atoms with Crippen molar-refractivity contribution in [1.29, 1.82) is 0 Å². The summed E-state index contributed by atoms with van der Waals surface area (Å²) in [6.07, 6.45) is 0. The fourth-order valence-electron chi connectivity index (χ4n) is 3.94. The molecule has 1 aliphatic heterocycles. The van der Waals surface area contributed by atoms with Gasteiger partial charge >= 0.3 is 0 Å². The van der Waals surface area contributed by atoms with Gasteiger partial charge in [-0.25, -0.2) is 17.2 Å². The van der Waals surface area contributed by atoms with E-state index >= 15 is 0 Å². The zero-order valence-electron chi connectivity index (χ0n) is 16.3. The van der Waals surface area contributed by atoms with Crippen molar-refractivity contribution in [3.63, 3.8) is 0 Å². The van der Waals surface area contributed by atoms with Gasteiger partial charge in [0.15, 0.2) is 9.84 Å². The standard InChI is InChI=1S/C23H19Cl2F2NO2S/c24-18-5-1-16(2-6-18)23(17-3-7-19(25)8-4-17)28-12-15(13-28)14-31(29,30)22-10-20(26)9-21(27)11-22/h1-11,15,23H,12-14H2. The van der Waals surface area contributed by atoms with Crippen LogP contribution in [-0.4, -0.2) is 32.2 Å². The van der Waals surface area contributed by atoms with Crippen molar-refractivity contribution < 1.29 is 17.2 Å². The third-order valence-corrected chi connectivity index (χ3v) is 7.74. The number of halogens is 4. The highest BCUT2D eigenvalue weighted by molar-refractivity contribution is 7.91. The highest BCUT2D eigenvalue weighted by atomic mass is 35.5. The Labute approximate surface area is 190 Å². The average molecular weight is 482 g/mol. The summed E-state index contributed by atoms with van der Waals surface area (Å²) in [5.41, 5.74) is 2.06. The topological polar surface area (TPSA) is 37.4 Å². The molecule has 3 aromatic carbocycles. The van der Waals surface area contributed by atoms with Crippen LogP contribution in [-0.2, 0) is 9.84 Å². The molecule has 1 saturated heterocycles. The second-order valence-electron chi connectivity index (χ2n) is 7.71. The van der Waals surface area contributed by atoms with E-state index in [1.165, 1.54) is 0 Å². The molecule has 0 N–H and O–H groups in total. The molecule has 1 aliphatic rings. The quantitative estimate of drug-likeness (QED) is 0.448. The summed E-state index contributed by atoms with van der Waals surface area (Å²) in [5.74, 6) is -2.11. The van der Waals surface area contributed by atoms with Crippen molar-refractivity contribution in [3.8, 4) is 0 Å². The largest absolute Gasteiger partial charge is 0.292 e. The fourth-order valence-corrected chi connectivity index (χ4v) is 5.81. The van der Waals surface area contributed by atoms with Gasteiger partial charge in [-0.3, -0.25) is 4.90 Å². The minimum absolute atomic E-state index is 0.0832. The molecule has 31 heavy (non-hydrogen) atoms. The van der Waals surface area contributed by atoms with Crippen LogP contribution in [0.25, 0.3) is 0 Å². The summed E-state index contributed by atoms with van der Waals surface area (Å²) in [4.78, 5) is 1.84. The zero-order valence-corrected chi connectivity index (χ0v) is 18.6. The van der Waals surface area contributed by atoms with E-state index in [2.05, 4.69) is 4.90 Å². The van der Waals surface area contributed by atoms with E-state index < -0.39 is 21.5 Å². The Balaban J connectivity index is 1.52. The van der Waals surface area contributed by atoms with Gasteiger partial charge in [0.1, 0.15) is 11.6 Å². The van der Waals surface area contributed by atoms with Crippen LogP contribution in [0.4, 0.5) is 8.78 Å². The molecule has 8 heteroatoms. The normalized spacial score (nSPS) is 15.3. The fraction of sp³-hybridized carbons (Fsp3) is 0.217. The molecule has 0 atom stereocenters. The molecule has 0 amide bonds.